The smallest absolute Gasteiger partial charge is 0.0153 e. The average Bonchev–Trinajstić information content (AvgIpc) is 2.66. The van der Waals surface area contributed by atoms with Gasteiger partial charge in [0.2, 0.25) is 0 Å². The minimum atomic E-state index is 0.782. The fourth-order valence-electron chi connectivity index (χ4n) is 4.61. The largest absolute Gasteiger partial charge is 0.0730 e. The van der Waals surface area contributed by atoms with Crippen LogP contribution in [0.15, 0.2) is 24.3 Å². The van der Waals surface area contributed by atoms with Gasteiger partial charge in [0.15, 0.2) is 0 Å². The molecule has 0 saturated heterocycles. The number of allylic oxidation sites excluding steroid dienone is 4. The summed E-state index contributed by atoms with van der Waals surface area (Å²) in [5, 5.41) is 0. The Labute approximate surface area is 157 Å². The van der Waals surface area contributed by atoms with Crippen LogP contribution >= 0.6 is 0 Å². The highest BCUT2D eigenvalue weighted by Gasteiger charge is 2.19. The second-order valence-electron chi connectivity index (χ2n) is 8.47. The van der Waals surface area contributed by atoms with Gasteiger partial charge in [0.25, 0.3) is 0 Å². The lowest BCUT2D eigenvalue weighted by molar-refractivity contribution is 0.289. The van der Waals surface area contributed by atoms with Gasteiger partial charge in [-0.15, -0.1) is 0 Å². The lowest BCUT2D eigenvalue weighted by Crippen LogP contribution is -2.12. The van der Waals surface area contributed by atoms with Crippen LogP contribution < -0.4 is 0 Å². The molecule has 2 saturated carbocycles. The van der Waals surface area contributed by atoms with Crippen LogP contribution in [-0.2, 0) is 0 Å². The molecular weight excluding hydrogens is 300 g/mol. The molecular formula is C25H40. The summed E-state index contributed by atoms with van der Waals surface area (Å²) in [6.07, 6.45) is 27.2. The fraction of sp³-hybridized carbons (Fsp3) is 0.760. The molecule has 0 heterocycles. The van der Waals surface area contributed by atoms with Crippen molar-refractivity contribution in [3.63, 3.8) is 0 Å². The van der Waals surface area contributed by atoms with E-state index in [2.05, 4.69) is 50.0 Å². The van der Waals surface area contributed by atoms with Crippen molar-refractivity contribution in [1.29, 1.82) is 0 Å². The molecule has 0 aromatic heterocycles. The van der Waals surface area contributed by atoms with E-state index in [0.29, 0.717) is 0 Å². The molecule has 0 bridgehead atoms. The summed E-state index contributed by atoms with van der Waals surface area (Å²) in [4.78, 5) is 0. The Balaban J connectivity index is 1.59. The van der Waals surface area contributed by atoms with Crippen molar-refractivity contribution in [2.75, 3.05) is 0 Å². The van der Waals surface area contributed by atoms with Crippen LogP contribution in [0.3, 0.4) is 0 Å². The fourth-order valence-corrected chi connectivity index (χ4v) is 4.61. The summed E-state index contributed by atoms with van der Waals surface area (Å²) in [6, 6.07) is 0. The average molecular weight is 341 g/mol. The van der Waals surface area contributed by atoms with Gasteiger partial charge in [-0.25, -0.2) is 0 Å². The summed E-state index contributed by atoms with van der Waals surface area (Å²) in [5.41, 5.74) is 0. The van der Waals surface area contributed by atoms with Crippen molar-refractivity contribution in [1.82, 2.24) is 0 Å². The minimum absolute atomic E-state index is 0.782. The highest BCUT2D eigenvalue weighted by atomic mass is 14.2. The maximum absolute atomic E-state index is 3.23. The van der Waals surface area contributed by atoms with Crippen molar-refractivity contribution in [3.05, 3.63) is 24.3 Å². The van der Waals surface area contributed by atoms with E-state index in [9.17, 15) is 0 Å². The van der Waals surface area contributed by atoms with E-state index in [0.717, 1.165) is 23.7 Å². The summed E-state index contributed by atoms with van der Waals surface area (Å²) < 4.78 is 0. The summed E-state index contributed by atoms with van der Waals surface area (Å²) >= 11 is 0. The molecule has 0 heteroatoms. The Morgan fingerprint density at radius 3 is 1.68 bits per heavy atom. The highest BCUT2D eigenvalue weighted by molar-refractivity contribution is 5.24. The van der Waals surface area contributed by atoms with Crippen molar-refractivity contribution in [2.24, 2.45) is 23.7 Å². The highest BCUT2D eigenvalue weighted by Crippen LogP contribution is 2.33. The van der Waals surface area contributed by atoms with Crippen LogP contribution in [-0.4, -0.2) is 0 Å². The summed E-state index contributed by atoms with van der Waals surface area (Å²) in [7, 11) is 0. The Morgan fingerprint density at radius 2 is 1.20 bits per heavy atom. The predicted octanol–water partition coefficient (Wildman–Crippen LogP) is 7.71. The van der Waals surface area contributed by atoms with Gasteiger partial charge in [0.05, 0.1) is 0 Å². The van der Waals surface area contributed by atoms with Crippen LogP contribution in [0.25, 0.3) is 0 Å². The molecule has 2 aliphatic carbocycles. The summed E-state index contributed by atoms with van der Waals surface area (Å²) in [5.74, 6) is 10.0. The molecule has 140 valence electrons. The monoisotopic (exact) mass is 340 g/mol. The first-order chi connectivity index (χ1) is 12.3. The van der Waals surface area contributed by atoms with Gasteiger partial charge in [-0.05, 0) is 87.2 Å². The SMILES string of the molecule is CCCCC[C@H]1CC[C@H](C=CC#CC=C[C@H]2CC[C@H](CC)CC2)CC1. The standard InChI is InChI=1S/C25H40/c1-3-5-8-11-23-18-20-25(21-19-23)13-10-7-6-9-12-24-16-14-22(4-2)15-17-24/h9-10,12-13,22-25H,3-5,8,11,14-21H2,1-2H3/t22-,23-,24-,25-. The zero-order chi connectivity index (χ0) is 17.7. The van der Waals surface area contributed by atoms with Crippen molar-refractivity contribution >= 4 is 0 Å². The normalized spacial score (nSPS) is 30.5. The van der Waals surface area contributed by atoms with Crippen LogP contribution in [0.1, 0.15) is 97.3 Å². The number of hydrogen-bond donors (Lipinski definition) is 0. The Kier molecular flexibility index (Phi) is 10.1. The number of hydrogen-bond acceptors (Lipinski definition) is 0. The Hall–Kier alpha value is -0.960. The molecule has 0 amide bonds. The molecule has 0 radical (unpaired) electrons. The third kappa shape index (κ3) is 8.31. The van der Waals surface area contributed by atoms with Gasteiger partial charge < -0.3 is 0 Å². The van der Waals surface area contributed by atoms with Crippen LogP contribution in [0.4, 0.5) is 0 Å². The first-order valence-corrected chi connectivity index (χ1v) is 11.2. The molecule has 2 rings (SSSR count). The molecule has 0 aromatic rings. The first-order valence-electron chi connectivity index (χ1n) is 11.2. The molecule has 0 atom stereocenters. The van der Waals surface area contributed by atoms with Gasteiger partial charge in [-0.1, -0.05) is 69.9 Å². The van der Waals surface area contributed by atoms with Crippen molar-refractivity contribution in [2.45, 2.75) is 97.3 Å². The van der Waals surface area contributed by atoms with Crippen LogP contribution in [0.5, 0.6) is 0 Å². The van der Waals surface area contributed by atoms with Gasteiger partial charge in [-0.2, -0.15) is 0 Å². The van der Waals surface area contributed by atoms with E-state index in [1.165, 1.54) is 83.5 Å². The van der Waals surface area contributed by atoms with E-state index in [4.69, 9.17) is 0 Å². The van der Waals surface area contributed by atoms with Crippen LogP contribution in [0, 0.1) is 35.5 Å². The van der Waals surface area contributed by atoms with Gasteiger partial charge >= 0.3 is 0 Å². The molecule has 0 nitrogen and oxygen atoms in total. The van der Waals surface area contributed by atoms with Gasteiger partial charge in [0, 0.05) is 0 Å². The maximum atomic E-state index is 3.23. The Bertz CT molecular complexity index is 442. The van der Waals surface area contributed by atoms with E-state index in [1.807, 2.05) is 0 Å². The van der Waals surface area contributed by atoms with E-state index >= 15 is 0 Å². The van der Waals surface area contributed by atoms with Crippen LogP contribution in [0.2, 0.25) is 0 Å². The molecule has 0 N–H and O–H groups in total. The van der Waals surface area contributed by atoms with Gasteiger partial charge in [0.1, 0.15) is 0 Å². The number of rotatable bonds is 7. The second-order valence-corrected chi connectivity index (χ2v) is 8.47. The zero-order valence-corrected chi connectivity index (χ0v) is 16.8. The quantitative estimate of drug-likeness (QED) is 0.329. The van der Waals surface area contributed by atoms with Crippen molar-refractivity contribution in [3.8, 4) is 11.8 Å². The molecule has 25 heavy (non-hydrogen) atoms. The third-order valence-electron chi connectivity index (χ3n) is 6.56. The molecule has 0 aromatic carbocycles. The third-order valence-corrected chi connectivity index (χ3v) is 6.56. The van der Waals surface area contributed by atoms with E-state index in [-0.39, 0.29) is 0 Å². The lowest BCUT2D eigenvalue weighted by Gasteiger charge is -2.26. The topological polar surface area (TPSA) is 0 Å². The molecule has 0 unspecified atom stereocenters. The lowest BCUT2D eigenvalue weighted by atomic mass is 9.79. The maximum Gasteiger partial charge on any atom is -0.0153 e. The molecule has 2 fully saturated rings. The molecule has 0 aliphatic heterocycles. The molecule has 0 spiro atoms. The predicted molar refractivity (Wildman–Crippen MR) is 111 cm³/mol. The van der Waals surface area contributed by atoms with Crippen molar-refractivity contribution < 1.29 is 0 Å². The Morgan fingerprint density at radius 1 is 0.680 bits per heavy atom. The van der Waals surface area contributed by atoms with E-state index < -0.39 is 0 Å². The summed E-state index contributed by atoms with van der Waals surface area (Å²) in [6.45, 7) is 4.63. The zero-order valence-electron chi connectivity index (χ0n) is 16.8. The van der Waals surface area contributed by atoms with Gasteiger partial charge in [-0.3, -0.25) is 0 Å². The molecule has 2 aliphatic rings. The first kappa shape index (κ1) is 20.4. The number of unbranched alkanes of at least 4 members (excludes halogenated alkanes) is 2. The van der Waals surface area contributed by atoms with E-state index in [1.54, 1.807) is 0 Å². The second kappa shape index (κ2) is 12.4. The minimum Gasteiger partial charge on any atom is -0.0730 e.